The van der Waals surface area contributed by atoms with Crippen molar-refractivity contribution in [3.05, 3.63) is 35.6 Å². The fraction of sp³-hybridized carbons (Fsp3) is 0.438. The summed E-state index contributed by atoms with van der Waals surface area (Å²) in [5.41, 5.74) is 0.902. The summed E-state index contributed by atoms with van der Waals surface area (Å²) in [6, 6.07) is 6.04. The van der Waals surface area contributed by atoms with Crippen LogP contribution in [0.1, 0.15) is 25.8 Å². The fourth-order valence-corrected chi connectivity index (χ4v) is 2.60. The summed E-state index contributed by atoms with van der Waals surface area (Å²) in [7, 11) is 0. The summed E-state index contributed by atoms with van der Waals surface area (Å²) in [6.45, 7) is 4.63. The molecule has 1 amide bonds. The number of rotatable bonds is 3. The molecule has 1 fully saturated rings. The highest BCUT2D eigenvalue weighted by Gasteiger charge is 2.39. The predicted octanol–water partition coefficient (Wildman–Crippen LogP) is 2.83. The normalized spacial score (nSPS) is 22.9. The summed E-state index contributed by atoms with van der Waals surface area (Å²) in [4.78, 5) is 13.8. The van der Waals surface area contributed by atoms with Crippen LogP contribution in [0.15, 0.2) is 24.3 Å². The number of terminal acetylenes is 1. The Bertz CT molecular complexity index is 500. The third-order valence-corrected chi connectivity index (χ3v) is 3.77. The van der Waals surface area contributed by atoms with Crippen molar-refractivity contribution in [1.82, 2.24) is 4.90 Å². The zero-order valence-electron chi connectivity index (χ0n) is 11.3. The third-order valence-electron chi connectivity index (χ3n) is 3.77. The van der Waals surface area contributed by atoms with Crippen molar-refractivity contribution in [2.75, 3.05) is 0 Å². The third kappa shape index (κ3) is 2.78. The average molecular weight is 259 g/mol. The zero-order chi connectivity index (χ0) is 14.0. The number of hydrogen-bond donors (Lipinski definition) is 0. The lowest BCUT2D eigenvalue weighted by Gasteiger charge is -2.25. The van der Waals surface area contributed by atoms with Gasteiger partial charge < -0.3 is 4.90 Å². The van der Waals surface area contributed by atoms with E-state index in [9.17, 15) is 9.18 Å². The van der Waals surface area contributed by atoms with E-state index in [2.05, 4.69) is 19.8 Å². The van der Waals surface area contributed by atoms with Gasteiger partial charge in [-0.3, -0.25) is 4.79 Å². The van der Waals surface area contributed by atoms with Crippen LogP contribution in [0.4, 0.5) is 4.39 Å². The van der Waals surface area contributed by atoms with Gasteiger partial charge in [0.05, 0.1) is 6.04 Å². The number of likely N-dealkylation sites (tertiary alicyclic amines) is 1. The molecule has 1 saturated heterocycles. The van der Waals surface area contributed by atoms with Gasteiger partial charge in [0, 0.05) is 18.9 Å². The van der Waals surface area contributed by atoms with E-state index in [0.29, 0.717) is 18.9 Å². The molecule has 1 aliphatic heterocycles. The van der Waals surface area contributed by atoms with Crippen LogP contribution in [-0.4, -0.2) is 16.8 Å². The molecule has 2 atom stereocenters. The molecule has 0 bridgehead atoms. The Balaban J connectivity index is 2.17. The van der Waals surface area contributed by atoms with Gasteiger partial charge in [-0.2, -0.15) is 0 Å². The Morgan fingerprint density at radius 2 is 2.05 bits per heavy atom. The molecule has 0 aliphatic carbocycles. The summed E-state index contributed by atoms with van der Waals surface area (Å²) in [5.74, 6) is 3.14. The molecule has 0 spiro atoms. The second-order valence-corrected chi connectivity index (χ2v) is 5.37. The molecule has 2 nitrogen and oxygen atoms in total. The van der Waals surface area contributed by atoms with Crippen LogP contribution in [0.2, 0.25) is 0 Å². The molecule has 1 aromatic rings. The highest BCUT2D eigenvalue weighted by molar-refractivity contribution is 5.80. The van der Waals surface area contributed by atoms with Gasteiger partial charge in [-0.25, -0.2) is 4.39 Å². The van der Waals surface area contributed by atoms with E-state index in [-0.39, 0.29) is 23.7 Å². The number of carbonyl (C=O) groups is 1. The molecule has 19 heavy (non-hydrogen) atoms. The van der Waals surface area contributed by atoms with Crippen LogP contribution in [-0.2, 0) is 11.3 Å². The molecule has 0 N–H and O–H groups in total. The van der Waals surface area contributed by atoms with E-state index in [1.807, 2.05) is 0 Å². The number of nitrogens with zero attached hydrogens (tertiary/aromatic N) is 1. The summed E-state index contributed by atoms with van der Waals surface area (Å²) >= 11 is 0. The Labute approximate surface area is 113 Å². The highest BCUT2D eigenvalue weighted by Crippen LogP contribution is 2.32. The van der Waals surface area contributed by atoms with E-state index in [4.69, 9.17) is 6.42 Å². The van der Waals surface area contributed by atoms with E-state index in [1.165, 1.54) is 12.1 Å². The topological polar surface area (TPSA) is 20.3 Å². The maximum atomic E-state index is 12.9. The molecule has 0 aromatic heterocycles. The van der Waals surface area contributed by atoms with Crippen molar-refractivity contribution in [2.45, 2.75) is 32.9 Å². The quantitative estimate of drug-likeness (QED) is 0.764. The fourth-order valence-electron chi connectivity index (χ4n) is 2.60. The summed E-state index contributed by atoms with van der Waals surface area (Å²) in [5, 5.41) is 0. The molecule has 3 heteroatoms. The molecule has 0 saturated carbocycles. The first-order valence-electron chi connectivity index (χ1n) is 6.53. The summed E-state index contributed by atoms with van der Waals surface area (Å²) < 4.78 is 12.9. The number of carbonyl (C=O) groups excluding carboxylic acids is 1. The first kappa shape index (κ1) is 13.6. The van der Waals surface area contributed by atoms with Crippen molar-refractivity contribution < 1.29 is 9.18 Å². The lowest BCUT2D eigenvalue weighted by molar-refractivity contribution is -0.128. The number of benzene rings is 1. The standard InChI is InChI=1S/C16H18FNO/c1-4-15-14(11(2)3)9-16(19)18(15)10-12-5-7-13(17)8-6-12/h1,5-8,11,14-15H,9-10H2,2-3H3/t14-,15-/m0/s1. The van der Waals surface area contributed by atoms with Crippen molar-refractivity contribution >= 4 is 5.91 Å². The van der Waals surface area contributed by atoms with Crippen LogP contribution in [0.5, 0.6) is 0 Å². The number of halogens is 1. The molecular formula is C16H18FNO. The van der Waals surface area contributed by atoms with Gasteiger partial charge in [0.15, 0.2) is 0 Å². The Kier molecular flexibility index (Phi) is 3.90. The maximum absolute atomic E-state index is 12.9. The second kappa shape index (κ2) is 5.44. The Morgan fingerprint density at radius 3 is 2.58 bits per heavy atom. The number of amides is 1. The largest absolute Gasteiger partial charge is 0.324 e. The zero-order valence-corrected chi connectivity index (χ0v) is 11.3. The SMILES string of the molecule is C#C[C@H]1[C@H](C(C)C)CC(=O)N1Cc1ccc(F)cc1. The van der Waals surface area contributed by atoms with Gasteiger partial charge in [-0.1, -0.05) is 31.9 Å². The molecule has 1 heterocycles. The van der Waals surface area contributed by atoms with E-state index in [1.54, 1.807) is 17.0 Å². The van der Waals surface area contributed by atoms with Gasteiger partial charge in [0.1, 0.15) is 5.82 Å². The number of hydrogen-bond acceptors (Lipinski definition) is 1. The minimum absolute atomic E-state index is 0.0889. The molecular weight excluding hydrogens is 241 g/mol. The first-order valence-corrected chi connectivity index (χ1v) is 6.53. The van der Waals surface area contributed by atoms with Gasteiger partial charge >= 0.3 is 0 Å². The van der Waals surface area contributed by atoms with Gasteiger partial charge in [0.2, 0.25) is 5.91 Å². The summed E-state index contributed by atoms with van der Waals surface area (Å²) in [6.07, 6.45) is 6.10. The highest BCUT2D eigenvalue weighted by atomic mass is 19.1. The van der Waals surface area contributed by atoms with Crippen molar-refractivity contribution in [3.63, 3.8) is 0 Å². The lowest BCUT2D eigenvalue weighted by atomic mass is 9.89. The van der Waals surface area contributed by atoms with Crippen LogP contribution < -0.4 is 0 Å². The van der Waals surface area contributed by atoms with Gasteiger partial charge in [-0.15, -0.1) is 6.42 Å². The van der Waals surface area contributed by atoms with Crippen molar-refractivity contribution in [1.29, 1.82) is 0 Å². The predicted molar refractivity (Wildman–Crippen MR) is 72.5 cm³/mol. The van der Waals surface area contributed by atoms with Crippen LogP contribution in [0, 0.1) is 30.0 Å². The van der Waals surface area contributed by atoms with E-state index >= 15 is 0 Å². The minimum atomic E-state index is -0.273. The lowest BCUT2D eigenvalue weighted by Crippen LogP contribution is -2.34. The second-order valence-electron chi connectivity index (χ2n) is 5.37. The van der Waals surface area contributed by atoms with Gasteiger partial charge in [0.25, 0.3) is 0 Å². The van der Waals surface area contributed by atoms with Gasteiger partial charge in [-0.05, 0) is 23.6 Å². The first-order chi connectivity index (χ1) is 9.02. The molecule has 2 rings (SSSR count). The Hall–Kier alpha value is -1.82. The van der Waals surface area contributed by atoms with E-state index < -0.39 is 0 Å². The molecule has 0 radical (unpaired) electrons. The smallest absolute Gasteiger partial charge is 0.224 e. The van der Waals surface area contributed by atoms with Crippen LogP contribution >= 0.6 is 0 Å². The molecule has 0 unspecified atom stereocenters. The Morgan fingerprint density at radius 1 is 1.42 bits per heavy atom. The van der Waals surface area contributed by atoms with E-state index in [0.717, 1.165) is 5.56 Å². The molecule has 100 valence electrons. The molecule has 1 aliphatic rings. The van der Waals surface area contributed by atoms with Crippen molar-refractivity contribution in [2.24, 2.45) is 11.8 Å². The molecule has 1 aromatic carbocycles. The van der Waals surface area contributed by atoms with Crippen LogP contribution in [0.3, 0.4) is 0 Å². The monoisotopic (exact) mass is 259 g/mol. The van der Waals surface area contributed by atoms with Crippen LogP contribution in [0.25, 0.3) is 0 Å². The average Bonchev–Trinajstić information content (AvgIpc) is 2.69. The maximum Gasteiger partial charge on any atom is 0.224 e. The minimum Gasteiger partial charge on any atom is -0.324 e. The van der Waals surface area contributed by atoms with Crippen molar-refractivity contribution in [3.8, 4) is 12.3 Å².